The number of hydrogen-bond donors (Lipinski definition) is 2. The molecule has 0 aliphatic carbocycles. The molecule has 152 valence electrons. The second-order valence-electron chi connectivity index (χ2n) is 6.00. The maximum Gasteiger partial charge on any atom is 0.224 e. The van der Waals surface area contributed by atoms with E-state index >= 15 is 0 Å². The van der Waals surface area contributed by atoms with Crippen molar-refractivity contribution in [3.8, 4) is 23.0 Å². The Balaban J connectivity index is 1.72. The van der Waals surface area contributed by atoms with Crippen molar-refractivity contribution >= 4 is 17.5 Å². The zero-order chi connectivity index (χ0) is 20.6. The van der Waals surface area contributed by atoms with E-state index in [4.69, 9.17) is 18.9 Å². The van der Waals surface area contributed by atoms with Gasteiger partial charge in [0.25, 0.3) is 0 Å². The zero-order valence-electron chi connectivity index (χ0n) is 16.9. The maximum atomic E-state index is 5.39. The molecule has 0 saturated heterocycles. The monoisotopic (exact) mass is 396 g/mol. The molecule has 8 nitrogen and oxygen atoms in total. The first kappa shape index (κ1) is 20.1. The van der Waals surface area contributed by atoms with Crippen molar-refractivity contribution in [3.63, 3.8) is 0 Å². The van der Waals surface area contributed by atoms with E-state index in [-0.39, 0.29) is 0 Å². The molecule has 1 heterocycles. The minimum Gasteiger partial charge on any atom is -0.497 e. The van der Waals surface area contributed by atoms with Crippen molar-refractivity contribution in [3.05, 3.63) is 54.2 Å². The average Bonchev–Trinajstić information content (AvgIpc) is 2.77. The SMILES string of the molecule is COc1ccc(OC)c(Nc2ccnc(NCc3ccc(OC)c(OC)c3)n2)c1. The van der Waals surface area contributed by atoms with E-state index in [1.165, 1.54) is 0 Å². The van der Waals surface area contributed by atoms with Crippen LogP contribution in [0.1, 0.15) is 5.56 Å². The van der Waals surface area contributed by atoms with Gasteiger partial charge in [-0.05, 0) is 35.9 Å². The first-order valence-corrected chi connectivity index (χ1v) is 8.93. The number of methoxy groups -OCH3 is 4. The van der Waals surface area contributed by atoms with Crippen LogP contribution in [0.2, 0.25) is 0 Å². The van der Waals surface area contributed by atoms with Gasteiger partial charge < -0.3 is 29.6 Å². The summed E-state index contributed by atoms with van der Waals surface area (Å²) in [6.07, 6.45) is 1.68. The number of anilines is 3. The van der Waals surface area contributed by atoms with Crippen LogP contribution in [-0.2, 0) is 6.54 Å². The van der Waals surface area contributed by atoms with Gasteiger partial charge in [0, 0.05) is 18.8 Å². The number of aromatic nitrogens is 2. The Morgan fingerprint density at radius 3 is 2.28 bits per heavy atom. The van der Waals surface area contributed by atoms with Crippen LogP contribution < -0.4 is 29.6 Å². The molecule has 0 amide bonds. The Morgan fingerprint density at radius 1 is 0.793 bits per heavy atom. The van der Waals surface area contributed by atoms with Gasteiger partial charge in [-0.25, -0.2) is 4.98 Å². The molecule has 0 bridgehead atoms. The minimum absolute atomic E-state index is 0.492. The molecule has 0 unspecified atom stereocenters. The summed E-state index contributed by atoms with van der Waals surface area (Å²) in [6, 6.07) is 13.0. The molecule has 2 N–H and O–H groups in total. The van der Waals surface area contributed by atoms with Crippen molar-refractivity contribution in [2.75, 3.05) is 39.1 Å². The highest BCUT2D eigenvalue weighted by Crippen LogP contribution is 2.31. The van der Waals surface area contributed by atoms with Crippen molar-refractivity contribution in [1.82, 2.24) is 9.97 Å². The quantitative estimate of drug-likeness (QED) is 0.564. The molecular weight excluding hydrogens is 372 g/mol. The molecule has 2 aromatic carbocycles. The first-order chi connectivity index (χ1) is 14.2. The molecular formula is C21H24N4O4. The summed E-state index contributed by atoms with van der Waals surface area (Å²) < 4.78 is 21.3. The van der Waals surface area contributed by atoms with Gasteiger partial charge in [0.2, 0.25) is 5.95 Å². The lowest BCUT2D eigenvalue weighted by Gasteiger charge is -2.13. The van der Waals surface area contributed by atoms with E-state index < -0.39 is 0 Å². The van der Waals surface area contributed by atoms with Crippen molar-refractivity contribution in [2.45, 2.75) is 6.54 Å². The van der Waals surface area contributed by atoms with Gasteiger partial charge in [0.05, 0.1) is 34.1 Å². The van der Waals surface area contributed by atoms with Crippen LogP contribution in [0.15, 0.2) is 48.7 Å². The van der Waals surface area contributed by atoms with Crippen molar-refractivity contribution < 1.29 is 18.9 Å². The highest BCUT2D eigenvalue weighted by Gasteiger charge is 2.08. The highest BCUT2D eigenvalue weighted by molar-refractivity contribution is 5.66. The zero-order valence-corrected chi connectivity index (χ0v) is 16.9. The normalized spacial score (nSPS) is 10.2. The highest BCUT2D eigenvalue weighted by atomic mass is 16.5. The van der Waals surface area contributed by atoms with Crippen LogP contribution in [0.5, 0.6) is 23.0 Å². The number of hydrogen-bond acceptors (Lipinski definition) is 8. The number of benzene rings is 2. The van der Waals surface area contributed by atoms with Gasteiger partial charge in [-0.3, -0.25) is 0 Å². The van der Waals surface area contributed by atoms with E-state index in [1.54, 1.807) is 40.7 Å². The predicted molar refractivity (Wildman–Crippen MR) is 112 cm³/mol. The van der Waals surface area contributed by atoms with Crippen molar-refractivity contribution in [2.24, 2.45) is 0 Å². The summed E-state index contributed by atoms with van der Waals surface area (Å²) in [5, 5.41) is 6.45. The molecule has 3 rings (SSSR count). The van der Waals surface area contributed by atoms with Crippen LogP contribution >= 0.6 is 0 Å². The third-order valence-corrected chi connectivity index (χ3v) is 4.22. The summed E-state index contributed by atoms with van der Waals surface area (Å²) in [4.78, 5) is 8.78. The van der Waals surface area contributed by atoms with E-state index in [0.717, 1.165) is 11.3 Å². The van der Waals surface area contributed by atoms with Gasteiger partial charge >= 0.3 is 0 Å². The Bertz CT molecular complexity index is 965. The molecule has 1 aromatic heterocycles. The molecule has 0 aliphatic heterocycles. The molecule has 0 saturated carbocycles. The largest absolute Gasteiger partial charge is 0.497 e. The Labute approximate surface area is 169 Å². The second-order valence-corrected chi connectivity index (χ2v) is 6.00. The van der Waals surface area contributed by atoms with E-state index in [2.05, 4.69) is 20.6 Å². The molecule has 0 atom stereocenters. The molecule has 3 aromatic rings. The Hall–Kier alpha value is -3.68. The fraction of sp³-hybridized carbons (Fsp3) is 0.238. The fourth-order valence-corrected chi connectivity index (χ4v) is 2.73. The lowest BCUT2D eigenvalue weighted by Crippen LogP contribution is -2.05. The molecule has 0 spiro atoms. The first-order valence-electron chi connectivity index (χ1n) is 8.93. The third-order valence-electron chi connectivity index (χ3n) is 4.22. The minimum atomic E-state index is 0.492. The van der Waals surface area contributed by atoms with Gasteiger partial charge in [-0.15, -0.1) is 0 Å². The number of rotatable bonds is 9. The van der Waals surface area contributed by atoms with Crippen molar-refractivity contribution in [1.29, 1.82) is 0 Å². The second kappa shape index (κ2) is 9.50. The molecule has 8 heteroatoms. The molecule has 29 heavy (non-hydrogen) atoms. The molecule has 0 fully saturated rings. The predicted octanol–water partition coefficient (Wildman–Crippen LogP) is 3.87. The topological polar surface area (TPSA) is 86.8 Å². The summed E-state index contributed by atoms with van der Waals surface area (Å²) in [6.45, 7) is 0.534. The number of ether oxygens (including phenoxy) is 4. The van der Waals surface area contributed by atoms with Crippen LogP contribution in [0.4, 0.5) is 17.5 Å². The lowest BCUT2D eigenvalue weighted by atomic mass is 10.2. The van der Waals surface area contributed by atoms with Gasteiger partial charge in [0.1, 0.15) is 17.3 Å². The van der Waals surface area contributed by atoms with Crippen LogP contribution in [0.25, 0.3) is 0 Å². The summed E-state index contributed by atoms with van der Waals surface area (Å²) >= 11 is 0. The fourth-order valence-electron chi connectivity index (χ4n) is 2.73. The van der Waals surface area contributed by atoms with Crippen LogP contribution in [0, 0.1) is 0 Å². The smallest absolute Gasteiger partial charge is 0.224 e. The summed E-state index contributed by atoms with van der Waals surface area (Å²) in [5.41, 5.74) is 1.76. The summed E-state index contributed by atoms with van der Waals surface area (Å²) in [7, 11) is 6.45. The van der Waals surface area contributed by atoms with Gasteiger partial charge in [0.15, 0.2) is 11.5 Å². The Morgan fingerprint density at radius 2 is 1.55 bits per heavy atom. The number of nitrogens with zero attached hydrogens (tertiary/aromatic N) is 2. The lowest BCUT2D eigenvalue weighted by molar-refractivity contribution is 0.354. The van der Waals surface area contributed by atoms with Crippen LogP contribution in [-0.4, -0.2) is 38.4 Å². The number of nitrogens with one attached hydrogen (secondary N) is 2. The average molecular weight is 396 g/mol. The van der Waals surface area contributed by atoms with Gasteiger partial charge in [-0.1, -0.05) is 6.07 Å². The summed E-state index contributed by atoms with van der Waals surface area (Å²) in [5.74, 6) is 3.88. The Kier molecular flexibility index (Phi) is 6.57. The van der Waals surface area contributed by atoms with E-state index in [0.29, 0.717) is 41.3 Å². The molecule has 0 radical (unpaired) electrons. The maximum absolute atomic E-state index is 5.39. The van der Waals surface area contributed by atoms with E-state index in [9.17, 15) is 0 Å². The van der Waals surface area contributed by atoms with E-state index in [1.807, 2.05) is 36.4 Å². The molecule has 0 aliphatic rings. The third kappa shape index (κ3) is 4.98. The van der Waals surface area contributed by atoms with Gasteiger partial charge in [-0.2, -0.15) is 4.98 Å². The van der Waals surface area contributed by atoms with Crippen LogP contribution in [0.3, 0.4) is 0 Å². The standard InChI is InChI=1S/C21H24N4O4/c1-26-15-6-8-17(27-2)16(12-15)24-20-9-10-22-21(25-20)23-13-14-5-7-18(28-3)19(11-14)29-4/h5-12H,13H2,1-4H3,(H2,22,23,24,25).